The topological polar surface area (TPSA) is 78.1 Å². The van der Waals surface area contributed by atoms with Crippen LogP contribution in [-0.2, 0) is 16.9 Å². The van der Waals surface area contributed by atoms with Crippen LogP contribution >= 0.6 is 11.9 Å². The molecule has 0 saturated carbocycles. The molecule has 6 nitrogen and oxygen atoms in total. The maximum atomic E-state index is 9.83. The second kappa shape index (κ2) is 9.69. The molecule has 8 heteroatoms. The summed E-state index contributed by atoms with van der Waals surface area (Å²) >= 11 is 1.48. The van der Waals surface area contributed by atoms with E-state index in [1.165, 1.54) is 23.2 Å². The number of fused-ring (bicyclic) bond motifs is 1. The zero-order valence-electron chi connectivity index (χ0n) is 16.2. The highest BCUT2D eigenvalue weighted by Crippen LogP contribution is 2.23. The van der Waals surface area contributed by atoms with Crippen molar-refractivity contribution in [1.29, 1.82) is 0 Å². The summed E-state index contributed by atoms with van der Waals surface area (Å²) in [6.07, 6.45) is 2.16. The molecule has 1 aromatic heterocycles. The van der Waals surface area contributed by atoms with Crippen LogP contribution in [0.2, 0.25) is 0 Å². The standard InChI is InChI=1S/C21H25BN2O4S/c25-22(26)21(13-17-14-28-20-7-2-1-6-19(17)20)23-29-15-16-4-3-5-18(12-16)24-8-10-27-11-9-24/h1-7,12,14,21,23,25-26H,8-11,13,15H2/t21-/m0/s1. The largest absolute Gasteiger partial charge is 0.470 e. The van der Waals surface area contributed by atoms with Crippen molar-refractivity contribution in [3.05, 3.63) is 65.9 Å². The van der Waals surface area contributed by atoms with E-state index in [2.05, 4.69) is 33.9 Å². The van der Waals surface area contributed by atoms with E-state index in [1.807, 2.05) is 24.3 Å². The fraction of sp³-hybridized carbons (Fsp3) is 0.333. The highest BCUT2D eigenvalue weighted by molar-refractivity contribution is 7.96. The number of hydrogen-bond acceptors (Lipinski definition) is 7. The first-order chi connectivity index (χ1) is 14.2. The number of nitrogens with zero attached hydrogens (tertiary/aromatic N) is 1. The van der Waals surface area contributed by atoms with E-state index in [1.54, 1.807) is 6.26 Å². The molecule has 0 unspecified atom stereocenters. The van der Waals surface area contributed by atoms with Gasteiger partial charge in [-0.1, -0.05) is 42.3 Å². The smallest absolute Gasteiger partial charge is 0.464 e. The zero-order chi connectivity index (χ0) is 20.1. The molecule has 1 saturated heterocycles. The summed E-state index contributed by atoms with van der Waals surface area (Å²) in [5, 5.41) is 20.7. The maximum Gasteiger partial charge on any atom is 0.470 e. The van der Waals surface area contributed by atoms with Gasteiger partial charge < -0.3 is 24.1 Å². The Kier molecular flexibility index (Phi) is 6.79. The Morgan fingerprint density at radius 2 is 1.93 bits per heavy atom. The Hall–Kier alpha value is -1.97. The number of benzene rings is 2. The Morgan fingerprint density at radius 1 is 1.10 bits per heavy atom. The average molecular weight is 412 g/mol. The van der Waals surface area contributed by atoms with E-state index in [0.717, 1.165) is 48.6 Å². The first-order valence-electron chi connectivity index (χ1n) is 9.81. The number of anilines is 1. The third-order valence-corrected chi connectivity index (χ3v) is 6.07. The second-order valence-electron chi connectivity index (χ2n) is 7.16. The van der Waals surface area contributed by atoms with Crippen molar-refractivity contribution in [3.8, 4) is 0 Å². The summed E-state index contributed by atoms with van der Waals surface area (Å²) in [4.78, 5) is 2.33. The fourth-order valence-electron chi connectivity index (χ4n) is 3.53. The minimum atomic E-state index is -1.46. The van der Waals surface area contributed by atoms with Crippen LogP contribution in [0.5, 0.6) is 0 Å². The molecule has 1 atom stereocenters. The van der Waals surface area contributed by atoms with Gasteiger partial charge in [-0.25, -0.2) is 0 Å². The van der Waals surface area contributed by atoms with E-state index in [0.29, 0.717) is 6.42 Å². The molecule has 152 valence electrons. The van der Waals surface area contributed by atoms with Gasteiger partial charge in [0.2, 0.25) is 0 Å². The number of morpholine rings is 1. The van der Waals surface area contributed by atoms with Crippen LogP contribution in [-0.4, -0.2) is 49.4 Å². The number of para-hydroxylation sites is 1. The molecule has 29 heavy (non-hydrogen) atoms. The molecule has 0 spiro atoms. The van der Waals surface area contributed by atoms with Gasteiger partial charge in [0.1, 0.15) is 5.58 Å². The van der Waals surface area contributed by atoms with Gasteiger partial charge in [0.15, 0.2) is 0 Å². The second-order valence-corrected chi connectivity index (χ2v) is 7.97. The van der Waals surface area contributed by atoms with Crippen LogP contribution in [0.4, 0.5) is 5.69 Å². The van der Waals surface area contributed by atoms with Crippen molar-refractivity contribution in [3.63, 3.8) is 0 Å². The lowest BCUT2D eigenvalue weighted by atomic mass is 9.77. The normalized spacial score (nSPS) is 15.6. The number of rotatable bonds is 8. The van der Waals surface area contributed by atoms with Crippen LogP contribution in [0, 0.1) is 0 Å². The van der Waals surface area contributed by atoms with Crippen LogP contribution in [0.15, 0.2) is 59.2 Å². The van der Waals surface area contributed by atoms with Crippen LogP contribution in [0.25, 0.3) is 11.0 Å². The van der Waals surface area contributed by atoms with E-state index >= 15 is 0 Å². The summed E-state index contributed by atoms with van der Waals surface area (Å²) < 4.78 is 14.2. The molecule has 0 bridgehead atoms. The minimum Gasteiger partial charge on any atom is -0.464 e. The zero-order valence-corrected chi connectivity index (χ0v) is 17.0. The minimum absolute atomic E-state index is 0.468. The van der Waals surface area contributed by atoms with Crippen molar-refractivity contribution in [2.24, 2.45) is 0 Å². The van der Waals surface area contributed by atoms with E-state index in [4.69, 9.17) is 9.15 Å². The predicted octanol–water partition coefficient (Wildman–Crippen LogP) is 2.63. The van der Waals surface area contributed by atoms with E-state index < -0.39 is 13.1 Å². The molecule has 0 radical (unpaired) electrons. The summed E-state index contributed by atoms with van der Waals surface area (Å²) in [6.45, 7) is 3.34. The van der Waals surface area contributed by atoms with Crippen molar-refractivity contribution >= 4 is 35.7 Å². The average Bonchev–Trinajstić information content (AvgIpc) is 3.17. The van der Waals surface area contributed by atoms with Crippen molar-refractivity contribution in [2.75, 3.05) is 31.2 Å². The molecule has 1 aliphatic heterocycles. The fourth-order valence-corrected chi connectivity index (χ4v) is 4.38. The van der Waals surface area contributed by atoms with Crippen molar-refractivity contribution < 1.29 is 19.2 Å². The van der Waals surface area contributed by atoms with Gasteiger partial charge in [-0.15, -0.1) is 0 Å². The summed E-state index contributed by atoms with van der Waals surface area (Å²) in [6, 6.07) is 16.2. The van der Waals surface area contributed by atoms with Gasteiger partial charge in [0.25, 0.3) is 0 Å². The van der Waals surface area contributed by atoms with Gasteiger partial charge in [-0.05, 0) is 35.7 Å². The lowest BCUT2D eigenvalue weighted by Gasteiger charge is -2.29. The Bertz CT molecular complexity index is 930. The van der Waals surface area contributed by atoms with Gasteiger partial charge in [0, 0.05) is 29.9 Å². The number of nitrogens with one attached hydrogen (secondary N) is 1. The first kappa shape index (κ1) is 20.3. The highest BCUT2D eigenvalue weighted by Gasteiger charge is 2.25. The monoisotopic (exact) mass is 412 g/mol. The van der Waals surface area contributed by atoms with E-state index in [-0.39, 0.29) is 0 Å². The molecule has 2 aromatic carbocycles. The Balaban J connectivity index is 1.35. The Morgan fingerprint density at radius 3 is 2.76 bits per heavy atom. The molecule has 1 fully saturated rings. The van der Waals surface area contributed by atoms with Gasteiger partial charge in [0.05, 0.1) is 25.4 Å². The molecule has 0 amide bonds. The van der Waals surface area contributed by atoms with Gasteiger partial charge >= 0.3 is 7.12 Å². The molecule has 3 N–H and O–H groups in total. The molecular weight excluding hydrogens is 387 g/mol. The summed E-state index contributed by atoms with van der Waals surface area (Å²) in [7, 11) is -1.46. The van der Waals surface area contributed by atoms with Crippen molar-refractivity contribution in [2.45, 2.75) is 18.1 Å². The van der Waals surface area contributed by atoms with Gasteiger partial charge in [-0.3, -0.25) is 4.72 Å². The molecule has 3 aromatic rings. The van der Waals surface area contributed by atoms with E-state index in [9.17, 15) is 10.0 Å². The lowest BCUT2D eigenvalue weighted by molar-refractivity contribution is 0.122. The predicted molar refractivity (Wildman–Crippen MR) is 118 cm³/mol. The SMILES string of the molecule is OB(O)[C@H](Cc1coc2ccccc12)NSCc1cccc(N2CCOCC2)c1. The number of hydrogen-bond donors (Lipinski definition) is 3. The Labute approximate surface area is 175 Å². The van der Waals surface area contributed by atoms with Gasteiger partial charge in [-0.2, -0.15) is 0 Å². The summed E-state index contributed by atoms with van der Waals surface area (Å²) in [5.41, 5.74) is 4.16. The molecule has 0 aliphatic carbocycles. The molecule has 1 aliphatic rings. The van der Waals surface area contributed by atoms with Crippen LogP contribution in [0.3, 0.4) is 0 Å². The molecular formula is C21H25BN2O4S. The third kappa shape index (κ3) is 5.15. The quantitative estimate of drug-likeness (QED) is 0.388. The molecule has 2 heterocycles. The lowest BCUT2D eigenvalue weighted by Crippen LogP contribution is -2.42. The highest BCUT2D eigenvalue weighted by atomic mass is 32.2. The van der Waals surface area contributed by atoms with Crippen LogP contribution < -0.4 is 9.62 Å². The van der Waals surface area contributed by atoms with Crippen molar-refractivity contribution in [1.82, 2.24) is 4.72 Å². The number of furan rings is 1. The van der Waals surface area contributed by atoms with Crippen LogP contribution in [0.1, 0.15) is 11.1 Å². The maximum absolute atomic E-state index is 9.83. The third-order valence-electron chi connectivity index (χ3n) is 5.12. The first-order valence-corrected chi connectivity index (χ1v) is 10.8. The summed E-state index contributed by atoms with van der Waals surface area (Å²) in [5.74, 6) is 0.233. The number of ether oxygens (including phenoxy) is 1. The molecule has 4 rings (SSSR count).